The molecule has 1 nitrogen and oxygen atoms in total. The van der Waals surface area contributed by atoms with E-state index in [1.54, 1.807) is 0 Å². The first kappa shape index (κ1) is 28.9. The molecule has 2 aromatic rings. The Hall–Kier alpha value is -0.351. The Morgan fingerprint density at radius 1 is 0.697 bits per heavy atom. The number of benzene rings is 2. The molecule has 0 bridgehead atoms. The first-order valence-electron chi connectivity index (χ1n) is 13.9. The van der Waals surface area contributed by atoms with Gasteiger partial charge in [0.15, 0.2) is 0 Å². The molecule has 0 fully saturated rings. The Bertz CT molecular complexity index is 800. The van der Waals surface area contributed by atoms with Gasteiger partial charge in [0.1, 0.15) is 0 Å². The molecule has 0 aliphatic heterocycles. The van der Waals surface area contributed by atoms with Crippen LogP contribution in [0.2, 0.25) is 13.3 Å². The fraction of sp³-hybridized carbons (Fsp3) is 0.667. The number of hydrogen-bond acceptors (Lipinski definition) is 1. The fourth-order valence-electron chi connectivity index (χ4n) is 5.33. The molecule has 0 aliphatic rings. The first-order valence-corrected chi connectivity index (χ1v) is 23.3. The van der Waals surface area contributed by atoms with Gasteiger partial charge in [-0.3, -0.25) is 0 Å². The molecule has 0 aromatic heterocycles. The summed E-state index contributed by atoms with van der Waals surface area (Å²) in [4.78, 5) is 1.09. The van der Waals surface area contributed by atoms with Crippen LogP contribution in [-0.2, 0) is 10.8 Å². The van der Waals surface area contributed by atoms with Crippen molar-refractivity contribution in [1.29, 1.82) is 0 Å². The second-order valence-electron chi connectivity index (χ2n) is 10.4. The third-order valence-corrected chi connectivity index (χ3v) is 28.7. The summed E-state index contributed by atoms with van der Waals surface area (Å²) in [6.45, 7) is 9.11. The van der Waals surface area contributed by atoms with Crippen molar-refractivity contribution in [2.24, 2.45) is 0 Å². The topological polar surface area (TPSA) is 17.1 Å². The number of rotatable bonds is 18. The van der Waals surface area contributed by atoms with Crippen molar-refractivity contribution in [3.8, 4) is 0 Å². The minimum atomic E-state index is -2.50. The third-order valence-electron chi connectivity index (χ3n) is 7.42. The Balaban J connectivity index is 2.24. The van der Waals surface area contributed by atoms with Crippen LogP contribution in [0.5, 0.6) is 0 Å². The Morgan fingerprint density at radius 2 is 1.21 bits per heavy atom. The summed E-state index contributed by atoms with van der Waals surface area (Å²) < 4.78 is 19.3. The zero-order valence-corrected chi connectivity index (χ0v) is 25.8. The zero-order chi connectivity index (χ0) is 23.9. The van der Waals surface area contributed by atoms with Gasteiger partial charge < -0.3 is 0 Å². The van der Waals surface area contributed by atoms with E-state index >= 15 is 0 Å². The van der Waals surface area contributed by atoms with E-state index in [1.807, 2.05) is 0 Å². The van der Waals surface area contributed by atoms with Gasteiger partial charge >= 0.3 is 213 Å². The van der Waals surface area contributed by atoms with Gasteiger partial charge in [-0.1, -0.05) is 0 Å². The maximum absolute atomic E-state index is 13.9. The van der Waals surface area contributed by atoms with Gasteiger partial charge in [0.2, 0.25) is 0 Å². The Kier molecular flexibility index (Phi) is 14.3. The molecule has 0 heterocycles. The second kappa shape index (κ2) is 16.3. The molecular weight excluding hydrogens is 527 g/mol. The summed E-state index contributed by atoms with van der Waals surface area (Å²) in [5.74, 6) is 0. The molecule has 0 spiro atoms. The number of fused-ring (bicyclic) bond motifs is 1. The Morgan fingerprint density at radius 3 is 1.73 bits per heavy atom. The van der Waals surface area contributed by atoms with Crippen LogP contribution in [0.1, 0.15) is 103 Å². The molecule has 0 saturated carbocycles. The van der Waals surface area contributed by atoms with Crippen molar-refractivity contribution in [3.05, 3.63) is 42.0 Å². The molecule has 33 heavy (non-hydrogen) atoms. The summed E-state index contributed by atoms with van der Waals surface area (Å²) in [5, 5.41) is 2.54. The van der Waals surface area contributed by atoms with Crippen molar-refractivity contribution in [2.75, 3.05) is 3.77 Å². The van der Waals surface area contributed by atoms with E-state index in [0.717, 1.165) is 8.66 Å². The molecule has 1 atom stereocenters. The van der Waals surface area contributed by atoms with E-state index in [2.05, 4.69) is 64.1 Å². The molecule has 3 heteroatoms. The quantitative estimate of drug-likeness (QED) is 0.127. The minimum absolute atomic E-state index is 0.847. The van der Waals surface area contributed by atoms with Crippen LogP contribution in [0.4, 0.5) is 0 Å². The summed E-state index contributed by atoms with van der Waals surface area (Å²) >= 11 is -2.50. The molecule has 1 unspecified atom stereocenters. The number of unbranched alkanes of at least 4 members (excludes halogenated alkanes) is 9. The van der Waals surface area contributed by atoms with Crippen LogP contribution in [-0.4, -0.2) is 26.4 Å². The van der Waals surface area contributed by atoms with E-state index in [9.17, 15) is 4.21 Å². The number of hydrogen-bond donors (Lipinski definition) is 0. The van der Waals surface area contributed by atoms with Gasteiger partial charge in [-0.05, 0) is 0 Å². The predicted molar refractivity (Wildman–Crippen MR) is 153 cm³/mol. The molecule has 2 rings (SSSR count). The van der Waals surface area contributed by atoms with E-state index in [1.165, 1.54) is 107 Å². The van der Waals surface area contributed by atoms with Crippen LogP contribution in [0.15, 0.2) is 41.3 Å². The molecular formula is C30H50OSSn. The molecule has 0 N–H and O–H groups in total. The predicted octanol–water partition coefficient (Wildman–Crippen LogP) is 9.98. The van der Waals surface area contributed by atoms with Crippen molar-refractivity contribution in [1.82, 2.24) is 0 Å². The van der Waals surface area contributed by atoms with E-state index in [-0.39, 0.29) is 0 Å². The average molecular weight is 578 g/mol. The molecule has 0 radical (unpaired) electrons. The third kappa shape index (κ3) is 10.0. The van der Waals surface area contributed by atoms with Gasteiger partial charge in [-0.15, -0.1) is 0 Å². The normalized spacial score (nSPS) is 13.0. The van der Waals surface area contributed by atoms with E-state index in [4.69, 9.17) is 0 Å². The van der Waals surface area contributed by atoms with Crippen molar-refractivity contribution >= 4 is 39.9 Å². The average Bonchev–Trinajstić information content (AvgIpc) is 2.82. The van der Waals surface area contributed by atoms with Crippen LogP contribution in [0, 0.1) is 6.92 Å². The van der Waals surface area contributed by atoms with Gasteiger partial charge in [-0.2, -0.15) is 0 Å². The first-order chi connectivity index (χ1) is 16.0. The van der Waals surface area contributed by atoms with Crippen molar-refractivity contribution < 1.29 is 4.21 Å². The molecule has 0 amide bonds. The maximum atomic E-state index is 13.9. The van der Waals surface area contributed by atoms with Crippen molar-refractivity contribution in [3.63, 3.8) is 0 Å². The Labute approximate surface area is 211 Å². The molecule has 0 saturated heterocycles. The molecule has 0 aliphatic carbocycles. The summed E-state index contributed by atoms with van der Waals surface area (Å²) in [6.07, 6.45) is 16.3. The van der Waals surface area contributed by atoms with Gasteiger partial charge in [-0.25, -0.2) is 0 Å². The fourth-order valence-corrected chi connectivity index (χ4v) is 27.7. The SMILES string of the molecule is CCCCC[CH2][Sn]([CH2]CCCCC)([CH2]CCCCC)[CH2]S(=O)c1cc(C)c2ccccc2c1. The van der Waals surface area contributed by atoms with Gasteiger partial charge in [0.05, 0.1) is 0 Å². The van der Waals surface area contributed by atoms with Crippen LogP contribution in [0.25, 0.3) is 10.8 Å². The van der Waals surface area contributed by atoms with Crippen LogP contribution < -0.4 is 0 Å². The molecule has 186 valence electrons. The van der Waals surface area contributed by atoms with E-state index in [0.29, 0.717) is 0 Å². The summed E-state index contributed by atoms with van der Waals surface area (Å²) in [5.41, 5.74) is 1.27. The second-order valence-corrected chi connectivity index (χ2v) is 27.1. The van der Waals surface area contributed by atoms with E-state index < -0.39 is 29.2 Å². The zero-order valence-electron chi connectivity index (χ0n) is 22.1. The van der Waals surface area contributed by atoms with Gasteiger partial charge in [0, 0.05) is 0 Å². The summed E-state index contributed by atoms with van der Waals surface area (Å²) in [7, 11) is -0.847. The van der Waals surface area contributed by atoms with Gasteiger partial charge in [0.25, 0.3) is 0 Å². The van der Waals surface area contributed by atoms with Crippen LogP contribution in [0.3, 0.4) is 0 Å². The number of aryl methyl sites for hydroxylation is 1. The summed E-state index contributed by atoms with van der Waals surface area (Å²) in [6, 6.07) is 13.0. The monoisotopic (exact) mass is 578 g/mol. The van der Waals surface area contributed by atoms with Crippen LogP contribution >= 0.6 is 0 Å². The van der Waals surface area contributed by atoms with Crippen molar-refractivity contribution in [2.45, 2.75) is 123 Å². The molecule has 2 aromatic carbocycles. The standard InChI is InChI=1S/C12H11OS.3C6H13.Sn/c1-9-7-11(14(2)13)8-10-5-3-4-6-12(9)10;3*1-3-5-6-4-2;/h3-8H,2H2,1H3;3*1,3-6H2,2H3;.